The highest BCUT2D eigenvalue weighted by Crippen LogP contribution is 2.19. The Labute approximate surface area is 166 Å². The van der Waals surface area contributed by atoms with Gasteiger partial charge in [0.15, 0.2) is 0 Å². The van der Waals surface area contributed by atoms with E-state index in [1.807, 2.05) is 41.3 Å². The number of carbonyl (C=O) groups excluding carboxylic acids is 2. The lowest BCUT2D eigenvalue weighted by Gasteiger charge is -2.30. The van der Waals surface area contributed by atoms with Crippen molar-refractivity contribution in [3.05, 3.63) is 65.2 Å². The van der Waals surface area contributed by atoms with Crippen LogP contribution in [0.5, 0.6) is 5.75 Å². The fourth-order valence-corrected chi connectivity index (χ4v) is 3.58. The standard InChI is InChI=1S/C23H28N2O3/c1-18(26)24(14-11-19-7-9-22(28-2)10-8-19)16-13-23(27)25-15-12-20-5-3-4-6-21(20)17-25/h3-10H,11-17H2,1-2H3. The lowest BCUT2D eigenvalue weighted by Crippen LogP contribution is -2.39. The van der Waals surface area contributed by atoms with Crippen LogP contribution < -0.4 is 4.74 Å². The Bertz CT molecular complexity index is 817. The SMILES string of the molecule is COc1ccc(CCN(CCC(=O)N2CCc3ccccc3C2)C(C)=O)cc1. The minimum Gasteiger partial charge on any atom is -0.497 e. The molecule has 28 heavy (non-hydrogen) atoms. The van der Waals surface area contributed by atoms with Crippen molar-refractivity contribution in [2.24, 2.45) is 0 Å². The Kier molecular flexibility index (Phi) is 6.69. The maximum atomic E-state index is 12.7. The predicted molar refractivity (Wildman–Crippen MR) is 109 cm³/mol. The first-order valence-corrected chi connectivity index (χ1v) is 9.80. The molecule has 0 atom stereocenters. The summed E-state index contributed by atoms with van der Waals surface area (Å²) in [6.07, 6.45) is 2.02. The summed E-state index contributed by atoms with van der Waals surface area (Å²) in [5, 5.41) is 0. The van der Waals surface area contributed by atoms with Crippen LogP contribution in [0.25, 0.3) is 0 Å². The van der Waals surface area contributed by atoms with E-state index in [2.05, 4.69) is 12.1 Å². The minimum atomic E-state index is 0.00491. The first-order valence-electron chi connectivity index (χ1n) is 9.80. The first-order chi connectivity index (χ1) is 13.6. The van der Waals surface area contributed by atoms with Gasteiger partial charge in [0.2, 0.25) is 11.8 Å². The van der Waals surface area contributed by atoms with Crippen molar-refractivity contribution in [1.82, 2.24) is 9.80 Å². The summed E-state index contributed by atoms with van der Waals surface area (Å²) in [6, 6.07) is 16.1. The van der Waals surface area contributed by atoms with Crippen molar-refractivity contribution < 1.29 is 14.3 Å². The number of rotatable bonds is 7. The third kappa shape index (κ3) is 5.12. The summed E-state index contributed by atoms with van der Waals surface area (Å²) < 4.78 is 5.17. The molecule has 2 aromatic carbocycles. The Morgan fingerprint density at radius 1 is 1.04 bits per heavy atom. The van der Waals surface area contributed by atoms with Gasteiger partial charge in [-0.25, -0.2) is 0 Å². The van der Waals surface area contributed by atoms with Gasteiger partial charge >= 0.3 is 0 Å². The zero-order valence-electron chi connectivity index (χ0n) is 16.7. The number of methoxy groups -OCH3 is 1. The second-order valence-electron chi connectivity index (χ2n) is 7.19. The summed E-state index contributed by atoms with van der Waals surface area (Å²) in [5.74, 6) is 0.941. The smallest absolute Gasteiger partial charge is 0.224 e. The molecular weight excluding hydrogens is 352 g/mol. The molecule has 5 nitrogen and oxygen atoms in total. The van der Waals surface area contributed by atoms with Crippen LogP contribution in [-0.4, -0.2) is 48.4 Å². The van der Waals surface area contributed by atoms with Crippen LogP contribution in [0.2, 0.25) is 0 Å². The molecule has 2 amide bonds. The van der Waals surface area contributed by atoms with Crippen LogP contribution in [-0.2, 0) is 29.0 Å². The maximum absolute atomic E-state index is 12.7. The molecule has 0 radical (unpaired) electrons. The number of benzene rings is 2. The van der Waals surface area contributed by atoms with Crippen LogP contribution in [0.3, 0.4) is 0 Å². The van der Waals surface area contributed by atoms with Crippen LogP contribution in [0.4, 0.5) is 0 Å². The topological polar surface area (TPSA) is 49.9 Å². The summed E-state index contributed by atoms with van der Waals surface area (Å²) in [6.45, 7) is 4.05. The molecule has 0 bridgehead atoms. The van der Waals surface area contributed by atoms with Crippen LogP contribution in [0.15, 0.2) is 48.5 Å². The molecule has 1 heterocycles. The number of ether oxygens (including phenoxy) is 1. The van der Waals surface area contributed by atoms with E-state index in [4.69, 9.17) is 4.74 Å². The van der Waals surface area contributed by atoms with Crippen LogP contribution >= 0.6 is 0 Å². The highest BCUT2D eigenvalue weighted by atomic mass is 16.5. The number of hydrogen-bond donors (Lipinski definition) is 0. The number of fused-ring (bicyclic) bond motifs is 1. The van der Waals surface area contributed by atoms with E-state index in [0.29, 0.717) is 26.1 Å². The quantitative estimate of drug-likeness (QED) is 0.742. The highest BCUT2D eigenvalue weighted by Gasteiger charge is 2.21. The second-order valence-corrected chi connectivity index (χ2v) is 7.19. The van der Waals surface area contributed by atoms with Gasteiger partial charge in [0.1, 0.15) is 5.75 Å². The molecule has 148 valence electrons. The average molecular weight is 380 g/mol. The lowest BCUT2D eigenvalue weighted by molar-refractivity contribution is -0.134. The van der Waals surface area contributed by atoms with Crippen molar-refractivity contribution in [3.63, 3.8) is 0 Å². The van der Waals surface area contributed by atoms with E-state index >= 15 is 0 Å². The third-order valence-electron chi connectivity index (χ3n) is 5.35. The predicted octanol–water partition coefficient (Wildman–Crippen LogP) is 3.06. The first kappa shape index (κ1) is 19.9. The van der Waals surface area contributed by atoms with Crippen molar-refractivity contribution in [3.8, 4) is 5.75 Å². The molecule has 0 saturated carbocycles. The van der Waals surface area contributed by atoms with E-state index < -0.39 is 0 Å². The second kappa shape index (κ2) is 9.40. The molecule has 0 spiro atoms. The zero-order valence-corrected chi connectivity index (χ0v) is 16.7. The van der Waals surface area contributed by atoms with Crippen molar-refractivity contribution in [2.75, 3.05) is 26.7 Å². The van der Waals surface area contributed by atoms with Crippen molar-refractivity contribution in [2.45, 2.75) is 32.7 Å². The van der Waals surface area contributed by atoms with Gasteiger partial charge in [0.25, 0.3) is 0 Å². The number of nitrogens with zero attached hydrogens (tertiary/aromatic N) is 2. The molecule has 2 aromatic rings. The average Bonchev–Trinajstić information content (AvgIpc) is 2.73. The van der Waals surface area contributed by atoms with Gasteiger partial charge < -0.3 is 14.5 Å². The molecule has 3 rings (SSSR count). The maximum Gasteiger partial charge on any atom is 0.224 e. The largest absolute Gasteiger partial charge is 0.497 e. The van der Waals surface area contributed by atoms with E-state index in [9.17, 15) is 9.59 Å². The minimum absolute atomic E-state index is 0.00491. The van der Waals surface area contributed by atoms with Gasteiger partial charge in [-0.1, -0.05) is 36.4 Å². The molecule has 5 heteroatoms. The number of amides is 2. The summed E-state index contributed by atoms with van der Waals surface area (Å²) in [4.78, 5) is 28.3. The number of carbonyl (C=O) groups is 2. The Balaban J connectivity index is 1.50. The Morgan fingerprint density at radius 3 is 2.43 bits per heavy atom. The molecule has 0 saturated heterocycles. The van der Waals surface area contributed by atoms with Crippen LogP contribution in [0.1, 0.15) is 30.0 Å². The summed E-state index contributed by atoms with van der Waals surface area (Å²) in [5.41, 5.74) is 3.70. The van der Waals surface area contributed by atoms with Gasteiger partial charge in [0.05, 0.1) is 7.11 Å². The highest BCUT2D eigenvalue weighted by molar-refractivity contribution is 5.78. The third-order valence-corrected chi connectivity index (χ3v) is 5.35. The van der Waals surface area contributed by atoms with Crippen molar-refractivity contribution >= 4 is 11.8 Å². The molecule has 1 aliphatic heterocycles. The summed E-state index contributed by atoms with van der Waals surface area (Å²) in [7, 11) is 1.64. The number of hydrogen-bond acceptors (Lipinski definition) is 3. The van der Waals surface area contributed by atoms with E-state index in [1.54, 1.807) is 18.9 Å². The van der Waals surface area contributed by atoms with Gasteiger partial charge in [-0.15, -0.1) is 0 Å². The molecule has 1 aliphatic rings. The van der Waals surface area contributed by atoms with Gasteiger partial charge in [-0.05, 0) is 41.7 Å². The summed E-state index contributed by atoms with van der Waals surface area (Å²) >= 11 is 0. The van der Waals surface area contributed by atoms with Crippen LogP contribution in [0, 0.1) is 0 Å². The van der Waals surface area contributed by atoms with E-state index in [-0.39, 0.29) is 11.8 Å². The van der Waals surface area contributed by atoms with Crippen molar-refractivity contribution in [1.29, 1.82) is 0 Å². The van der Waals surface area contributed by atoms with Gasteiger partial charge in [-0.3, -0.25) is 9.59 Å². The van der Waals surface area contributed by atoms with Gasteiger partial charge in [-0.2, -0.15) is 0 Å². The molecule has 0 N–H and O–H groups in total. The molecular formula is C23H28N2O3. The molecule has 0 fully saturated rings. The molecule has 0 aromatic heterocycles. The zero-order chi connectivity index (χ0) is 19.9. The fraction of sp³-hybridized carbons (Fsp3) is 0.391. The van der Waals surface area contributed by atoms with E-state index in [1.165, 1.54) is 11.1 Å². The Morgan fingerprint density at radius 2 is 1.75 bits per heavy atom. The molecule has 0 aliphatic carbocycles. The van der Waals surface area contributed by atoms with Gasteiger partial charge in [0, 0.05) is 39.5 Å². The fourth-order valence-electron chi connectivity index (χ4n) is 3.58. The molecule has 0 unspecified atom stereocenters. The lowest BCUT2D eigenvalue weighted by atomic mass is 10.00. The normalized spacial score (nSPS) is 13.0. The van der Waals surface area contributed by atoms with E-state index in [0.717, 1.165) is 30.7 Å². The Hall–Kier alpha value is -2.82. The monoisotopic (exact) mass is 380 g/mol.